The number of imidazole rings is 1. The minimum atomic E-state index is -3.64. The van der Waals surface area contributed by atoms with Crippen LogP contribution in [0.2, 0.25) is 0 Å². The number of esters is 1. The standard InChI is InChI=1S/C18H23N3O5S/c1-13-19-17(12-20(13)2)27(23,24)21-10-8-14(9-11-21)18(22)26-16-6-4-15(25-3)5-7-16/h4-7,12,14H,8-11H2,1-3H3. The molecule has 0 unspecified atom stereocenters. The van der Waals surface area contributed by atoms with Crippen molar-refractivity contribution in [2.75, 3.05) is 20.2 Å². The van der Waals surface area contributed by atoms with Gasteiger partial charge in [0.2, 0.25) is 0 Å². The fourth-order valence-electron chi connectivity index (χ4n) is 2.96. The van der Waals surface area contributed by atoms with E-state index in [0.717, 1.165) is 0 Å². The Morgan fingerprint density at radius 3 is 2.26 bits per heavy atom. The van der Waals surface area contributed by atoms with E-state index < -0.39 is 10.0 Å². The molecule has 0 radical (unpaired) electrons. The topological polar surface area (TPSA) is 90.7 Å². The van der Waals surface area contributed by atoms with Gasteiger partial charge in [-0.05, 0) is 44.0 Å². The number of hydrogen-bond donors (Lipinski definition) is 0. The van der Waals surface area contributed by atoms with Gasteiger partial charge in [-0.2, -0.15) is 4.31 Å². The summed E-state index contributed by atoms with van der Waals surface area (Å²) < 4.78 is 38.9. The molecule has 0 N–H and O–H groups in total. The fraction of sp³-hybridized carbons (Fsp3) is 0.444. The van der Waals surface area contributed by atoms with Crippen molar-refractivity contribution in [1.29, 1.82) is 0 Å². The lowest BCUT2D eigenvalue weighted by molar-refractivity contribution is -0.140. The van der Waals surface area contributed by atoms with Crippen LogP contribution in [-0.2, 0) is 21.9 Å². The smallest absolute Gasteiger partial charge is 0.314 e. The average molecular weight is 393 g/mol. The van der Waals surface area contributed by atoms with Crippen LogP contribution in [0.1, 0.15) is 18.7 Å². The summed E-state index contributed by atoms with van der Waals surface area (Å²) in [6, 6.07) is 6.76. The number of ether oxygens (including phenoxy) is 2. The second kappa shape index (κ2) is 7.69. The highest BCUT2D eigenvalue weighted by Gasteiger charge is 2.34. The van der Waals surface area contributed by atoms with Gasteiger partial charge in [0.15, 0.2) is 5.03 Å². The average Bonchev–Trinajstić information content (AvgIpc) is 3.02. The van der Waals surface area contributed by atoms with Crippen molar-refractivity contribution in [1.82, 2.24) is 13.9 Å². The SMILES string of the molecule is COc1ccc(OC(=O)C2CCN(S(=O)(=O)c3cn(C)c(C)n3)CC2)cc1. The van der Waals surface area contributed by atoms with Crippen LogP contribution in [0.3, 0.4) is 0 Å². The third-order valence-corrected chi connectivity index (χ3v) is 6.53. The summed E-state index contributed by atoms with van der Waals surface area (Å²) in [6.07, 6.45) is 2.34. The first kappa shape index (κ1) is 19.4. The van der Waals surface area contributed by atoms with E-state index >= 15 is 0 Å². The molecule has 0 bridgehead atoms. The van der Waals surface area contributed by atoms with Crippen LogP contribution in [0.25, 0.3) is 0 Å². The number of rotatable bonds is 5. The zero-order valence-corrected chi connectivity index (χ0v) is 16.4. The maximum atomic E-state index is 12.7. The molecule has 1 fully saturated rings. The third-order valence-electron chi connectivity index (χ3n) is 4.76. The van der Waals surface area contributed by atoms with Gasteiger partial charge in [-0.25, -0.2) is 13.4 Å². The molecule has 0 aliphatic carbocycles. The maximum absolute atomic E-state index is 12.7. The van der Waals surface area contributed by atoms with Gasteiger partial charge < -0.3 is 14.0 Å². The summed E-state index contributed by atoms with van der Waals surface area (Å²) in [6.45, 7) is 2.28. The zero-order valence-electron chi connectivity index (χ0n) is 15.6. The normalized spacial score (nSPS) is 16.3. The van der Waals surface area contributed by atoms with Gasteiger partial charge in [-0.1, -0.05) is 0 Å². The minimum Gasteiger partial charge on any atom is -0.497 e. The summed E-state index contributed by atoms with van der Waals surface area (Å²) in [4.78, 5) is 16.5. The molecule has 0 amide bonds. The number of hydrogen-bond acceptors (Lipinski definition) is 6. The molecule has 2 heterocycles. The van der Waals surface area contributed by atoms with Gasteiger partial charge in [0.1, 0.15) is 17.3 Å². The second-order valence-electron chi connectivity index (χ2n) is 6.51. The van der Waals surface area contributed by atoms with Crippen LogP contribution < -0.4 is 9.47 Å². The van der Waals surface area contributed by atoms with Gasteiger partial charge in [0, 0.05) is 26.3 Å². The van der Waals surface area contributed by atoms with E-state index in [1.165, 1.54) is 10.5 Å². The third kappa shape index (κ3) is 4.14. The Balaban J connectivity index is 1.59. The second-order valence-corrected chi connectivity index (χ2v) is 8.40. The molecule has 9 heteroatoms. The summed E-state index contributed by atoms with van der Waals surface area (Å²) in [5.41, 5.74) is 0. The summed E-state index contributed by atoms with van der Waals surface area (Å²) in [5, 5.41) is 0.0433. The highest BCUT2D eigenvalue weighted by molar-refractivity contribution is 7.89. The molecule has 146 valence electrons. The maximum Gasteiger partial charge on any atom is 0.314 e. The molecule has 1 aromatic carbocycles. The molecule has 1 aromatic heterocycles. The van der Waals surface area contributed by atoms with E-state index in [0.29, 0.717) is 30.2 Å². The molecule has 1 aliphatic rings. The van der Waals surface area contributed by atoms with E-state index in [1.54, 1.807) is 49.9 Å². The fourth-order valence-corrected chi connectivity index (χ4v) is 4.45. The first-order chi connectivity index (χ1) is 12.8. The largest absolute Gasteiger partial charge is 0.497 e. The monoisotopic (exact) mass is 393 g/mol. The highest BCUT2D eigenvalue weighted by Crippen LogP contribution is 2.25. The lowest BCUT2D eigenvalue weighted by Crippen LogP contribution is -2.41. The van der Waals surface area contributed by atoms with E-state index in [2.05, 4.69) is 4.98 Å². The number of aryl methyl sites for hydroxylation is 2. The van der Waals surface area contributed by atoms with Crippen molar-refractivity contribution in [3.63, 3.8) is 0 Å². The first-order valence-electron chi connectivity index (χ1n) is 8.67. The minimum absolute atomic E-state index is 0.0433. The Morgan fingerprint density at radius 1 is 1.15 bits per heavy atom. The molecule has 0 atom stereocenters. The lowest BCUT2D eigenvalue weighted by atomic mass is 9.98. The molecule has 2 aromatic rings. The van der Waals surface area contributed by atoms with Gasteiger partial charge >= 0.3 is 5.97 Å². The van der Waals surface area contributed by atoms with Gasteiger partial charge in [0.05, 0.1) is 13.0 Å². The zero-order chi connectivity index (χ0) is 19.6. The quantitative estimate of drug-likeness (QED) is 0.568. The van der Waals surface area contributed by atoms with E-state index in [4.69, 9.17) is 9.47 Å². The Bertz CT molecular complexity index is 893. The summed E-state index contributed by atoms with van der Waals surface area (Å²) in [7, 11) is -0.327. The predicted octanol–water partition coefficient (Wildman–Crippen LogP) is 1.74. The van der Waals surface area contributed by atoms with E-state index in [9.17, 15) is 13.2 Å². The number of methoxy groups -OCH3 is 1. The van der Waals surface area contributed by atoms with Crippen molar-refractivity contribution in [2.45, 2.75) is 24.8 Å². The highest BCUT2D eigenvalue weighted by atomic mass is 32.2. The van der Waals surface area contributed by atoms with Crippen LogP contribution in [0.5, 0.6) is 11.5 Å². The first-order valence-corrected chi connectivity index (χ1v) is 10.1. The molecule has 3 rings (SSSR count). The Hall–Kier alpha value is -2.39. The molecular weight excluding hydrogens is 370 g/mol. The number of carbonyl (C=O) groups excluding carboxylic acids is 1. The number of piperidine rings is 1. The molecule has 27 heavy (non-hydrogen) atoms. The van der Waals surface area contributed by atoms with Crippen LogP contribution in [0, 0.1) is 12.8 Å². The van der Waals surface area contributed by atoms with Gasteiger partial charge in [-0.3, -0.25) is 4.79 Å². The van der Waals surface area contributed by atoms with Crippen molar-refractivity contribution >= 4 is 16.0 Å². The number of benzene rings is 1. The van der Waals surface area contributed by atoms with E-state index in [1.807, 2.05) is 0 Å². The van der Waals surface area contributed by atoms with Crippen LogP contribution in [0.4, 0.5) is 0 Å². The molecule has 1 aliphatic heterocycles. The van der Waals surface area contributed by atoms with E-state index in [-0.39, 0.29) is 30.0 Å². The van der Waals surface area contributed by atoms with Gasteiger partial charge in [-0.15, -0.1) is 0 Å². The molecule has 1 saturated heterocycles. The number of nitrogens with zero attached hydrogens (tertiary/aromatic N) is 3. The number of sulfonamides is 1. The molecule has 0 spiro atoms. The predicted molar refractivity (Wildman–Crippen MR) is 98.1 cm³/mol. The Labute approximate surface area is 158 Å². The van der Waals surface area contributed by atoms with Crippen molar-refractivity contribution < 1.29 is 22.7 Å². The van der Waals surface area contributed by atoms with Crippen molar-refractivity contribution in [3.05, 3.63) is 36.3 Å². The van der Waals surface area contributed by atoms with Crippen LogP contribution in [0.15, 0.2) is 35.5 Å². The lowest BCUT2D eigenvalue weighted by Gasteiger charge is -2.29. The van der Waals surface area contributed by atoms with Gasteiger partial charge in [0.25, 0.3) is 10.0 Å². The molecule has 8 nitrogen and oxygen atoms in total. The van der Waals surface area contributed by atoms with Crippen molar-refractivity contribution in [2.24, 2.45) is 13.0 Å². The molecular formula is C18H23N3O5S. The van der Waals surface area contributed by atoms with Crippen molar-refractivity contribution in [3.8, 4) is 11.5 Å². The van der Waals surface area contributed by atoms with Crippen LogP contribution in [-0.4, -0.2) is 48.4 Å². The Kier molecular flexibility index (Phi) is 5.52. The van der Waals surface area contributed by atoms with Crippen LogP contribution >= 0.6 is 0 Å². The summed E-state index contributed by atoms with van der Waals surface area (Å²) >= 11 is 0. The Morgan fingerprint density at radius 2 is 1.74 bits per heavy atom. The number of aromatic nitrogens is 2. The molecule has 0 saturated carbocycles. The number of carbonyl (C=O) groups is 1. The summed E-state index contributed by atoms with van der Waals surface area (Å²) in [5.74, 6) is 1.08.